The van der Waals surface area contributed by atoms with Gasteiger partial charge in [0.1, 0.15) is 12.2 Å². The van der Waals surface area contributed by atoms with Crippen LogP contribution in [0.2, 0.25) is 15.1 Å². The Hall–Kier alpha value is -2.84. The molecule has 3 aromatic rings. The molecule has 0 spiro atoms. The fourth-order valence-electron chi connectivity index (χ4n) is 3.34. The van der Waals surface area contributed by atoms with Gasteiger partial charge in [-0.25, -0.2) is 9.69 Å². The van der Waals surface area contributed by atoms with Crippen LogP contribution in [0.15, 0.2) is 64.6 Å². The Balaban J connectivity index is 1.60. The number of benzene rings is 3. The summed E-state index contributed by atoms with van der Waals surface area (Å²) < 4.78 is 6.33. The molecule has 0 bridgehead atoms. The molecule has 0 unspecified atom stereocenters. The van der Waals surface area contributed by atoms with Gasteiger partial charge in [-0.1, -0.05) is 58.6 Å². The number of barbiturate groups is 1. The van der Waals surface area contributed by atoms with E-state index >= 15 is 0 Å². The zero-order valence-electron chi connectivity index (χ0n) is 18.1. The third kappa shape index (κ3) is 5.54. The highest BCUT2D eigenvalue weighted by molar-refractivity contribution is 9.10. The standard InChI is InChI=1S/C25H16BrCl3N2O4/c1-13-2-6-17(7-3-13)31-24(33)18(23(32)30-25(31)34)8-14-9-19(26)22(21(29)10-14)35-12-15-4-5-16(27)11-20(15)28/h2-11H,12H2,1H3,(H,30,32,34)/b18-8+. The molecule has 178 valence electrons. The largest absolute Gasteiger partial charge is 0.486 e. The second-order valence-electron chi connectivity index (χ2n) is 7.63. The van der Waals surface area contributed by atoms with Crippen molar-refractivity contribution in [2.45, 2.75) is 13.5 Å². The van der Waals surface area contributed by atoms with E-state index in [1.54, 1.807) is 54.6 Å². The zero-order valence-corrected chi connectivity index (χ0v) is 21.9. The number of carbonyl (C=O) groups excluding carboxylic acids is 3. The van der Waals surface area contributed by atoms with Gasteiger partial charge >= 0.3 is 6.03 Å². The summed E-state index contributed by atoms with van der Waals surface area (Å²) >= 11 is 22.0. The van der Waals surface area contributed by atoms with Gasteiger partial charge in [-0.15, -0.1) is 0 Å². The number of imide groups is 2. The lowest BCUT2D eigenvalue weighted by Gasteiger charge is -2.26. The maximum Gasteiger partial charge on any atom is 0.335 e. The highest BCUT2D eigenvalue weighted by Gasteiger charge is 2.36. The molecule has 4 rings (SSSR count). The summed E-state index contributed by atoms with van der Waals surface area (Å²) in [7, 11) is 0. The summed E-state index contributed by atoms with van der Waals surface area (Å²) in [5.41, 5.74) is 2.27. The van der Waals surface area contributed by atoms with Gasteiger partial charge in [-0.05, 0) is 70.9 Å². The summed E-state index contributed by atoms with van der Waals surface area (Å²) in [6, 6.07) is 14.2. The quantitative estimate of drug-likeness (QED) is 0.256. The van der Waals surface area contributed by atoms with Gasteiger partial charge in [0.25, 0.3) is 11.8 Å². The first-order valence-corrected chi connectivity index (χ1v) is 12.1. The van der Waals surface area contributed by atoms with Gasteiger partial charge in [0.15, 0.2) is 5.75 Å². The molecule has 4 amide bonds. The molecular formula is C25H16BrCl3N2O4. The third-order valence-electron chi connectivity index (χ3n) is 5.11. The topological polar surface area (TPSA) is 75.7 Å². The van der Waals surface area contributed by atoms with Gasteiger partial charge in [0.05, 0.1) is 15.2 Å². The van der Waals surface area contributed by atoms with E-state index in [2.05, 4.69) is 21.2 Å². The minimum atomic E-state index is -0.815. The van der Waals surface area contributed by atoms with Crippen molar-refractivity contribution in [3.05, 3.63) is 96.4 Å². The number of ether oxygens (including phenoxy) is 1. The number of halogens is 4. The Bertz CT molecular complexity index is 1370. The fraction of sp³-hybridized carbons (Fsp3) is 0.0800. The van der Waals surface area contributed by atoms with Crippen LogP contribution in [0.1, 0.15) is 16.7 Å². The molecule has 0 saturated carbocycles. The van der Waals surface area contributed by atoms with E-state index < -0.39 is 17.8 Å². The number of rotatable bonds is 5. The van der Waals surface area contributed by atoms with Crippen LogP contribution in [0.3, 0.4) is 0 Å². The van der Waals surface area contributed by atoms with Crippen molar-refractivity contribution in [3.63, 3.8) is 0 Å². The van der Waals surface area contributed by atoms with Crippen LogP contribution in [0.25, 0.3) is 6.08 Å². The molecule has 1 aliphatic heterocycles. The first-order valence-electron chi connectivity index (χ1n) is 10.2. The predicted molar refractivity (Wildman–Crippen MR) is 140 cm³/mol. The van der Waals surface area contributed by atoms with E-state index in [4.69, 9.17) is 39.5 Å². The van der Waals surface area contributed by atoms with Crippen molar-refractivity contribution >= 4 is 80.3 Å². The molecular weight excluding hydrogens is 579 g/mol. The molecule has 0 atom stereocenters. The van der Waals surface area contributed by atoms with Crippen LogP contribution in [0, 0.1) is 6.92 Å². The fourth-order valence-corrected chi connectivity index (χ4v) is 4.79. The first kappa shape index (κ1) is 25.3. The Morgan fingerprint density at radius 1 is 0.971 bits per heavy atom. The zero-order chi connectivity index (χ0) is 25.3. The molecule has 3 aromatic carbocycles. The number of nitrogens with one attached hydrogen (secondary N) is 1. The first-order chi connectivity index (χ1) is 16.6. The summed E-state index contributed by atoms with van der Waals surface area (Å²) in [6.45, 7) is 2.03. The molecule has 0 radical (unpaired) electrons. The van der Waals surface area contributed by atoms with Crippen LogP contribution in [-0.2, 0) is 16.2 Å². The number of anilines is 1. The van der Waals surface area contributed by atoms with Crippen LogP contribution >= 0.6 is 50.7 Å². The van der Waals surface area contributed by atoms with Gasteiger partial charge < -0.3 is 4.74 Å². The van der Waals surface area contributed by atoms with Crippen molar-refractivity contribution in [1.29, 1.82) is 0 Å². The van der Waals surface area contributed by atoms with E-state index in [-0.39, 0.29) is 17.2 Å². The lowest BCUT2D eigenvalue weighted by molar-refractivity contribution is -0.122. The normalized spacial score (nSPS) is 14.9. The summed E-state index contributed by atoms with van der Waals surface area (Å²) in [5, 5.41) is 3.41. The number of urea groups is 1. The number of aryl methyl sites for hydroxylation is 1. The molecule has 1 N–H and O–H groups in total. The summed E-state index contributed by atoms with van der Waals surface area (Å²) in [5.74, 6) is -1.18. The van der Waals surface area contributed by atoms with Gasteiger partial charge in [-0.3, -0.25) is 14.9 Å². The van der Waals surface area contributed by atoms with Gasteiger partial charge in [-0.2, -0.15) is 0 Å². The number of hydrogen-bond donors (Lipinski definition) is 1. The van der Waals surface area contributed by atoms with E-state index in [9.17, 15) is 14.4 Å². The second-order valence-corrected chi connectivity index (χ2v) is 9.74. The van der Waals surface area contributed by atoms with Crippen molar-refractivity contribution in [1.82, 2.24) is 5.32 Å². The Kier molecular flexibility index (Phi) is 7.52. The molecule has 1 heterocycles. The number of hydrogen-bond acceptors (Lipinski definition) is 4. The molecule has 1 fully saturated rings. The van der Waals surface area contributed by atoms with E-state index in [1.165, 1.54) is 6.08 Å². The molecule has 1 aliphatic rings. The molecule has 10 heteroatoms. The molecule has 1 saturated heterocycles. The SMILES string of the molecule is Cc1ccc(N2C(=O)NC(=O)/C(=C\c3cc(Cl)c(OCc4ccc(Cl)cc4Cl)c(Br)c3)C2=O)cc1. The highest BCUT2D eigenvalue weighted by Crippen LogP contribution is 2.36. The van der Waals surface area contributed by atoms with Crippen molar-refractivity contribution in [2.75, 3.05) is 4.90 Å². The Morgan fingerprint density at radius 2 is 1.69 bits per heavy atom. The monoisotopic (exact) mass is 592 g/mol. The predicted octanol–water partition coefficient (Wildman–Crippen LogP) is 6.96. The lowest BCUT2D eigenvalue weighted by atomic mass is 10.1. The van der Waals surface area contributed by atoms with Gasteiger partial charge in [0.2, 0.25) is 0 Å². The second kappa shape index (κ2) is 10.4. The van der Waals surface area contributed by atoms with E-state index in [1.807, 2.05) is 6.92 Å². The maximum atomic E-state index is 13.1. The Morgan fingerprint density at radius 3 is 2.34 bits per heavy atom. The molecule has 6 nitrogen and oxygen atoms in total. The number of nitrogens with zero attached hydrogens (tertiary/aromatic N) is 1. The minimum absolute atomic E-state index is 0.142. The average Bonchev–Trinajstić information content (AvgIpc) is 2.78. The lowest BCUT2D eigenvalue weighted by Crippen LogP contribution is -2.54. The Labute approximate surface area is 224 Å². The average molecular weight is 595 g/mol. The van der Waals surface area contributed by atoms with Crippen LogP contribution in [-0.4, -0.2) is 17.8 Å². The van der Waals surface area contributed by atoms with Crippen molar-refractivity contribution in [3.8, 4) is 5.75 Å². The maximum absolute atomic E-state index is 13.1. The molecule has 0 aromatic heterocycles. The van der Waals surface area contributed by atoms with E-state index in [0.717, 1.165) is 16.0 Å². The van der Waals surface area contributed by atoms with Crippen LogP contribution < -0.4 is 15.0 Å². The highest BCUT2D eigenvalue weighted by atomic mass is 79.9. The van der Waals surface area contributed by atoms with Gasteiger partial charge in [0, 0.05) is 15.6 Å². The number of carbonyl (C=O) groups is 3. The van der Waals surface area contributed by atoms with Crippen LogP contribution in [0.4, 0.5) is 10.5 Å². The smallest absolute Gasteiger partial charge is 0.335 e. The van der Waals surface area contributed by atoms with Crippen molar-refractivity contribution < 1.29 is 19.1 Å². The molecule has 0 aliphatic carbocycles. The number of amides is 4. The summed E-state index contributed by atoms with van der Waals surface area (Å²) in [4.78, 5) is 38.8. The summed E-state index contributed by atoms with van der Waals surface area (Å²) in [6.07, 6.45) is 1.36. The van der Waals surface area contributed by atoms with Crippen LogP contribution in [0.5, 0.6) is 5.75 Å². The van der Waals surface area contributed by atoms with E-state index in [0.29, 0.717) is 31.5 Å². The third-order valence-corrected chi connectivity index (χ3v) is 6.57. The van der Waals surface area contributed by atoms with Crippen molar-refractivity contribution in [2.24, 2.45) is 0 Å². The minimum Gasteiger partial charge on any atom is -0.486 e. The molecule has 35 heavy (non-hydrogen) atoms.